The van der Waals surface area contributed by atoms with Crippen LogP contribution in [0.2, 0.25) is 0 Å². The van der Waals surface area contributed by atoms with Crippen molar-refractivity contribution in [2.24, 2.45) is 17.2 Å². The highest BCUT2D eigenvalue weighted by molar-refractivity contribution is 5.98. The Morgan fingerprint density at radius 2 is 1.57 bits per heavy atom. The number of carbonyl (C=O) groups is 5. The SMILES string of the molecule is CCCCOc1ccc(-c2ncc(C(=O)NCC(=O)N(C)C3C(=O)NCC(=O)NC(C(=O)NCC#N)Cc4ccc(OCCN)c(c4)-c4cc3ccc4OCCN)c(C)n2)cc1.CCN. The van der Waals surface area contributed by atoms with E-state index in [0.29, 0.717) is 51.9 Å². The lowest BCUT2D eigenvalue weighted by Gasteiger charge is -2.29. The van der Waals surface area contributed by atoms with Crippen LogP contribution in [0.4, 0.5) is 0 Å². The minimum Gasteiger partial charge on any atom is -0.494 e. The monoisotopic (exact) mass is 893 g/mol. The highest BCUT2D eigenvalue weighted by Crippen LogP contribution is 2.40. The maximum atomic E-state index is 14.1. The van der Waals surface area contributed by atoms with Crippen LogP contribution in [-0.4, -0.2) is 117 Å². The van der Waals surface area contributed by atoms with Crippen molar-refractivity contribution in [3.8, 4) is 45.8 Å². The van der Waals surface area contributed by atoms with E-state index in [4.69, 9.17) is 36.7 Å². The molecule has 4 bridgehead atoms. The first-order valence-electron chi connectivity index (χ1n) is 21.3. The number of aromatic nitrogens is 2. The number of hydrogen-bond donors (Lipinski definition) is 7. The summed E-state index contributed by atoms with van der Waals surface area (Å²) >= 11 is 0. The molecule has 346 valence electrons. The van der Waals surface area contributed by atoms with Gasteiger partial charge in [-0.1, -0.05) is 32.4 Å². The Morgan fingerprint density at radius 3 is 2.20 bits per heavy atom. The molecule has 19 heteroatoms. The Morgan fingerprint density at radius 1 is 0.908 bits per heavy atom. The molecular weight excluding hydrogens is 835 g/mol. The maximum Gasteiger partial charge on any atom is 0.255 e. The average molecular weight is 894 g/mol. The van der Waals surface area contributed by atoms with Crippen LogP contribution in [-0.2, 0) is 25.6 Å². The summed E-state index contributed by atoms with van der Waals surface area (Å²) in [5.74, 6) is -1.37. The third-order valence-corrected chi connectivity index (χ3v) is 9.79. The maximum absolute atomic E-state index is 14.1. The molecule has 2 atom stereocenters. The van der Waals surface area contributed by atoms with Gasteiger partial charge in [-0.25, -0.2) is 9.97 Å². The molecule has 2 heterocycles. The topological polar surface area (TPSA) is 292 Å². The van der Waals surface area contributed by atoms with Crippen molar-refractivity contribution in [3.63, 3.8) is 0 Å². The smallest absolute Gasteiger partial charge is 0.255 e. The third kappa shape index (κ3) is 14.4. The number of rotatable bonds is 17. The summed E-state index contributed by atoms with van der Waals surface area (Å²) in [6.07, 6.45) is 3.38. The zero-order valence-electron chi connectivity index (χ0n) is 37.3. The van der Waals surface area contributed by atoms with E-state index in [1.807, 2.05) is 37.3 Å². The van der Waals surface area contributed by atoms with Crippen LogP contribution in [0, 0.1) is 18.3 Å². The Labute approximate surface area is 378 Å². The predicted octanol–water partition coefficient (Wildman–Crippen LogP) is 1.66. The highest BCUT2D eigenvalue weighted by atomic mass is 16.5. The minimum absolute atomic E-state index is 0.0179. The van der Waals surface area contributed by atoms with Crippen molar-refractivity contribution in [3.05, 3.63) is 89.2 Å². The van der Waals surface area contributed by atoms with E-state index in [-0.39, 0.29) is 44.8 Å². The molecule has 0 fully saturated rings. The number of nitrogens with one attached hydrogen (secondary N) is 4. The summed E-state index contributed by atoms with van der Waals surface area (Å²) in [5.41, 5.74) is 19.6. The van der Waals surface area contributed by atoms with Crippen LogP contribution < -0.4 is 52.7 Å². The average Bonchev–Trinajstić information content (AvgIpc) is 3.30. The molecule has 10 N–H and O–H groups in total. The fourth-order valence-corrected chi connectivity index (χ4v) is 6.57. The van der Waals surface area contributed by atoms with Gasteiger partial charge in [-0.3, -0.25) is 24.0 Å². The number of unbranched alkanes of at least 4 members (excludes halogenated alkanes) is 1. The number of nitriles is 1. The normalized spacial score (nSPS) is 14.4. The molecule has 0 saturated carbocycles. The summed E-state index contributed by atoms with van der Waals surface area (Å²) in [4.78, 5) is 77.9. The summed E-state index contributed by atoms with van der Waals surface area (Å²) in [6.45, 7) is 6.38. The lowest BCUT2D eigenvalue weighted by Crippen LogP contribution is -2.52. The lowest BCUT2D eigenvalue weighted by molar-refractivity contribution is -0.139. The van der Waals surface area contributed by atoms with Crippen LogP contribution >= 0.6 is 0 Å². The summed E-state index contributed by atoms with van der Waals surface area (Å²) in [7, 11) is 1.40. The van der Waals surface area contributed by atoms with Crippen LogP contribution in [0.5, 0.6) is 17.2 Å². The van der Waals surface area contributed by atoms with Crippen LogP contribution in [0.25, 0.3) is 22.5 Å². The zero-order valence-corrected chi connectivity index (χ0v) is 37.3. The van der Waals surface area contributed by atoms with Gasteiger partial charge in [-0.15, -0.1) is 0 Å². The van der Waals surface area contributed by atoms with E-state index in [1.165, 1.54) is 13.2 Å². The fraction of sp³-hybridized carbons (Fsp3) is 0.391. The molecule has 5 rings (SSSR count). The largest absolute Gasteiger partial charge is 0.494 e. The van der Waals surface area contributed by atoms with Crippen molar-refractivity contribution in [1.29, 1.82) is 5.26 Å². The molecular formula is C46H59N11O8. The van der Waals surface area contributed by atoms with E-state index in [2.05, 4.69) is 38.2 Å². The fourth-order valence-electron chi connectivity index (χ4n) is 6.57. The molecule has 5 amide bonds. The molecule has 3 aromatic carbocycles. The molecule has 1 aromatic heterocycles. The summed E-state index contributed by atoms with van der Waals surface area (Å²) in [6, 6.07) is 16.8. The summed E-state index contributed by atoms with van der Waals surface area (Å²) < 4.78 is 17.8. The second-order valence-electron chi connectivity index (χ2n) is 14.7. The number of likely N-dealkylation sites (N-methyl/N-ethyl adjacent to an activating group) is 1. The number of carbonyl (C=O) groups excluding carboxylic acids is 5. The van der Waals surface area contributed by atoms with Crippen molar-refractivity contribution in [2.75, 3.05) is 66.1 Å². The van der Waals surface area contributed by atoms with E-state index in [9.17, 15) is 24.0 Å². The Hall–Kier alpha value is -7.14. The molecule has 65 heavy (non-hydrogen) atoms. The number of ether oxygens (including phenoxy) is 3. The van der Waals surface area contributed by atoms with Crippen LogP contribution in [0.1, 0.15) is 59.9 Å². The van der Waals surface area contributed by atoms with Gasteiger partial charge in [0.2, 0.25) is 23.6 Å². The number of aryl methyl sites for hydroxylation is 1. The van der Waals surface area contributed by atoms with Gasteiger partial charge in [-0.05, 0) is 79.5 Å². The van der Waals surface area contributed by atoms with Crippen molar-refractivity contribution >= 4 is 29.5 Å². The van der Waals surface area contributed by atoms with E-state index in [1.54, 1.807) is 43.3 Å². The number of nitrogens with two attached hydrogens (primary N) is 3. The van der Waals surface area contributed by atoms with Gasteiger partial charge in [-0.2, -0.15) is 5.26 Å². The zero-order chi connectivity index (χ0) is 47.3. The van der Waals surface area contributed by atoms with Crippen molar-refractivity contribution < 1.29 is 38.2 Å². The van der Waals surface area contributed by atoms with Gasteiger partial charge >= 0.3 is 0 Å². The first kappa shape index (κ1) is 50.5. The van der Waals surface area contributed by atoms with Crippen molar-refractivity contribution in [2.45, 2.75) is 52.1 Å². The van der Waals surface area contributed by atoms with E-state index >= 15 is 0 Å². The van der Waals surface area contributed by atoms with Crippen molar-refractivity contribution in [1.82, 2.24) is 36.1 Å². The standard InChI is InChI=1S/C44H52N10O8.C2H7N/c1-4-5-18-60-31-10-7-29(8-11-31)41-49-24-34(27(2)52-41)42(57)51-26-39(56)54(3)40-30-9-13-37(62-20-16-47)33(23-30)32-21-28(6-12-36(32)61-19-15-46)22-35(43(58)48-17-14-45)53-38(55)25-50-44(40)59;1-2-3/h6-13,21,23-24,35,40H,4-5,15-20,22,25-26,46-47H2,1-3H3,(H,48,58)(H,50,59)(H,51,57)(H,53,55);2-3H2,1H3. The second kappa shape index (κ2) is 25.8. The quantitative estimate of drug-likeness (QED) is 0.0587. The van der Waals surface area contributed by atoms with Gasteiger partial charge in [0.15, 0.2) is 5.82 Å². The van der Waals surface area contributed by atoms with Gasteiger partial charge in [0, 0.05) is 49.4 Å². The Balaban J connectivity index is 0.00000300. The summed E-state index contributed by atoms with van der Waals surface area (Å²) in [5, 5.41) is 19.4. The molecule has 0 aliphatic carbocycles. The van der Waals surface area contributed by atoms with Gasteiger partial charge in [0.25, 0.3) is 5.91 Å². The number of fused-ring (bicyclic) bond motifs is 5. The Bertz CT molecular complexity index is 2300. The number of amides is 5. The first-order chi connectivity index (χ1) is 31.4. The van der Waals surface area contributed by atoms with Crippen LogP contribution in [0.15, 0.2) is 66.9 Å². The predicted molar refractivity (Wildman–Crippen MR) is 243 cm³/mol. The molecule has 0 spiro atoms. The number of hydrogen-bond acceptors (Lipinski definition) is 14. The van der Waals surface area contributed by atoms with Crippen LogP contribution in [0.3, 0.4) is 0 Å². The lowest BCUT2D eigenvalue weighted by atomic mass is 9.93. The molecule has 1 aliphatic heterocycles. The Kier molecular flexibility index (Phi) is 20.1. The van der Waals surface area contributed by atoms with Gasteiger partial charge in [0.1, 0.15) is 49.1 Å². The molecule has 0 saturated heterocycles. The molecule has 2 unspecified atom stereocenters. The first-order valence-corrected chi connectivity index (χ1v) is 21.3. The van der Waals surface area contributed by atoms with E-state index < -0.39 is 54.7 Å². The highest BCUT2D eigenvalue weighted by Gasteiger charge is 2.32. The molecule has 19 nitrogen and oxygen atoms in total. The second-order valence-corrected chi connectivity index (χ2v) is 14.7. The molecule has 1 aliphatic rings. The molecule has 0 radical (unpaired) electrons. The van der Waals surface area contributed by atoms with Gasteiger partial charge in [0.05, 0.1) is 37.0 Å². The van der Waals surface area contributed by atoms with E-state index in [0.717, 1.165) is 35.6 Å². The molecule has 4 aromatic rings. The number of benzene rings is 3. The third-order valence-electron chi connectivity index (χ3n) is 9.79. The number of nitrogens with zero attached hydrogens (tertiary/aromatic N) is 4. The minimum atomic E-state index is -1.34. The van der Waals surface area contributed by atoms with Gasteiger partial charge < -0.3 is 57.6 Å².